The highest BCUT2D eigenvalue weighted by Crippen LogP contribution is 2.26. The van der Waals surface area contributed by atoms with Gasteiger partial charge in [-0.05, 0) is 42.0 Å². The van der Waals surface area contributed by atoms with Gasteiger partial charge in [0.1, 0.15) is 0 Å². The number of carbonyl (C=O) groups is 2. The predicted molar refractivity (Wildman–Crippen MR) is 117 cm³/mol. The van der Waals surface area contributed by atoms with Crippen molar-refractivity contribution >= 4 is 45.8 Å². The lowest BCUT2D eigenvalue weighted by atomic mass is 9.97. The summed E-state index contributed by atoms with van der Waals surface area (Å²) in [6, 6.07) is 23.3. The SMILES string of the molecule is Cl.O=C(O)c1ccc(NC(CC(=O)c2ccccc2)c2ccc(Br)cc2)cc1. The number of hydrogen-bond donors (Lipinski definition) is 2. The van der Waals surface area contributed by atoms with E-state index in [1.807, 2.05) is 54.6 Å². The monoisotopic (exact) mass is 459 g/mol. The van der Waals surface area contributed by atoms with Gasteiger partial charge < -0.3 is 10.4 Å². The molecule has 0 aromatic heterocycles. The smallest absolute Gasteiger partial charge is 0.335 e. The van der Waals surface area contributed by atoms with Gasteiger partial charge in [-0.25, -0.2) is 4.79 Å². The molecule has 0 heterocycles. The molecular formula is C22H19BrClNO3. The summed E-state index contributed by atoms with van der Waals surface area (Å²) in [5.41, 5.74) is 2.63. The molecular weight excluding hydrogens is 442 g/mol. The lowest BCUT2D eigenvalue weighted by Crippen LogP contribution is -2.16. The maximum Gasteiger partial charge on any atom is 0.335 e. The van der Waals surface area contributed by atoms with E-state index >= 15 is 0 Å². The van der Waals surface area contributed by atoms with Crippen molar-refractivity contribution in [3.8, 4) is 0 Å². The highest BCUT2D eigenvalue weighted by Gasteiger charge is 2.17. The number of carboxylic acid groups (broad SMARTS) is 1. The van der Waals surface area contributed by atoms with Crippen molar-refractivity contribution in [3.63, 3.8) is 0 Å². The van der Waals surface area contributed by atoms with E-state index in [1.54, 1.807) is 24.3 Å². The van der Waals surface area contributed by atoms with Crippen molar-refractivity contribution in [1.82, 2.24) is 0 Å². The summed E-state index contributed by atoms with van der Waals surface area (Å²) in [7, 11) is 0. The summed E-state index contributed by atoms with van der Waals surface area (Å²) in [6.07, 6.45) is 0.284. The zero-order valence-corrected chi connectivity index (χ0v) is 17.2. The maximum atomic E-state index is 12.7. The Morgan fingerprint density at radius 3 is 2.04 bits per heavy atom. The molecule has 0 saturated carbocycles. The summed E-state index contributed by atoms with van der Waals surface area (Å²) in [6.45, 7) is 0. The number of anilines is 1. The van der Waals surface area contributed by atoms with Crippen molar-refractivity contribution < 1.29 is 14.7 Å². The van der Waals surface area contributed by atoms with Crippen LogP contribution in [0.15, 0.2) is 83.3 Å². The number of Topliss-reactive ketones (excluding diaryl/α,β-unsaturated/α-hetero) is 1. The molecule has 3 rings (SSSR count). The number of ketones is 1. The quantitative estimate of drug-likeness (QED) is 0.425. The first kappa shape index (κ1) is 21.7. The fourth-order valence-electron chi connectivity index (χ4n) is 2.78. The first-order valence-corrected chi connectivity index (χ1v) is 9.26. The van der Waals surface area contributed by atoms with Gasteiger partial charge in [0.15, 0.2) is 5.78 Å². The molecule has 4 nitrogen and oxygen atoms in total. The number of carbonyl (C=O) groups excluding carboxylic acids is 1. The van der Waals surface area contributed by atoms with Crippen LogP contribution in [-0.4, -0.2) is 16.9 Å². The lowest BCUT2D eigenvalue weighted by molar-refractivity contribution is 0.0696. The van der Waals surface area contributed by atoms with E-state index < -0.39 is 5.97 Å². The predicted octanol–water partition coefficient (Wildman–Crippen LogP) is 6.00. The van der Waals surface area contributed by atoms with Crippen LogP contribution in [0.2, 0.25) is 0 Å². The molecule has 1 unspecified atom stereocenters. The number of nitrogens with one attached hydrogen (secondary N) is 1. The van der Waals surface area contributed by atoms with Crippen molar-refractivity contribution in [3.05, 3.63) is 100 Å². The average molecular weight is 461 g/mol. The molecule has 6 heteroatoms. The Labute approximate surface area is 178 Å². The fourth-order valence-corrected chi connectivity index (χ4v) is 3.05. The Hall–Kier alpha value is -2.63. The molecule has 0 amide bonds. The second-order valence-corrected chi connectivity index (χ2v) is 7.04. The molecule has 144 valence electrons. The molecule has 0 fully saturated rings. The van der Waals surface area contributed by atoms with E-state index in [-0.39, 0.29) is 36.2 Å². The van der Waals surface area contributed by atoms with Crippen LogP contribution < -0.4 is 5.32 Å². The second-order valence-electron chi connectivity index (χ2n) is 6.12. The topological polar surface area (TPSA) is 66.4 Å². The molecule has 0 bridgehead atoms. The van der Waals surface area contributed by atoms with Gasteiger partial charge in [0.25, 0.3) is 0 Å². The van der Waals surface area contributed by atoms with E-state index in [0.717, 1.165) is 15.7 Å². The van der Waals surface area contributed by atoms with Crippen LogP contribution in [0.3, 0.4) is 0 Å². The minimum absolute atomic E-state index is 0. The van der Waals surface area contributed by atoms with Gasteiger partial charge >= 0.3 is 5.97 Å². The van der Waals surface area contributed by atoms with Crippen molar-refractivity contribution in [2.45, 2.75) is 12.5 Å². The van der Waals surface area contributed by atoms with E-state index in [4.69, 9.17) is 5.11 Å². The van der Waals surface area contributed by atoms with Crippen LogP contribution in [0.1, 0.15) is 38.7 Å². The van der Waals surface area contributed by atoms with Crippen LogP contribution in [-0.2, 0) is 0 Å². The molecule has 0 radical (unpaired) electrons. The zero-order chi connectivity index (χ0) is 19.2. The third-order valence-electron chi connectivity index (χ3n) is 4.23. The standard InChI is InChI=1S/C22H18BrNO3.ClH/c23-18-10-6-15(7-11-18)20(14-21(25)16-4-2-1-3-5-16)24-19-12-8-17(9-13-19)22(26)27;/h1-13,20,24H,14H2,(H,26,27);1H. The molecule has 28 heavy (non-hydrogen) atoms. The van der Waals surface area contributed by atoms with Crippen molar-refractivity contribution in [2.75, 3.05) is 5.32 Å². The molecule has 0 saturated heterocycles. The number of carboxylic acids is 1. The van der Waals surface area contributed by atoms with E-state index in [0.29, 0.717) is 5.56 Å². The minimum Gasteiger partial charge on any atom is -0.478 e. The number of hydrogen-bond acceptors (Lipinski definition) is 3. The molecule has 1 atom stereocenters. The number of rotatable bonds is 7. The van der Waals surface area contributed by atoms with Crippen molar-refractivity contribution in [2.24, 2.45) is 0 Å². The van der Waals surface area contributed by atoms with E-state index in [1.165, 1.54) is 0 Å². The molecule has 3 aromatic carbocycles. The third-order valence-corrected chi connectivity index (χ3v) is 4.76. The highest BCUT2D eigenvalue weighted by molar-refractivity contribution is 9.10. The first-order valence-electron chi connectivity index (χ1n) is 8.46. The van der Waals surface area contributed by atoms with Gasteiger partial charge in [0.05, 0.1) is 11.6 Å². The summed E-state index contributed by atoms with van der Waals surface area (Å²) in [5.74, 6) is -0.927. The summed E-state index contributed by atoms with van der Waals surface area (Å²) >= 11 is 3.43. The van der Waals surface area contributed by atoms with Crippen LogP contribution in [0, 0.1) is 0 Å². The Morgan fingerprint density at radius 1 is 0.857 bits per heavy atom. The van der Waals surface area contributed by atoms with Gasteiger partial charge in [-0.2, -0.15) is 0 Å². The Morgan fingerprint density at radius 2 is 1.46 bits per heavy atom. The third kappa shape index (κ3) is 5.68. The van der Waals surface area contributed by atoms with Gasteiger partial charge in [-0.15, -0.1) is 12.4 Å². The summed E-state index contributed by atoms with van der Waals surface area (Å²) in [4.78, 5) is 23.7. The fraction of sp³-hybridized carbons (Fsp3) is 0.0909. The Balaban J connectivity index is 0.00000280. The van der Waals surface area contributed by atoms with E-state index in [9.17, 15) is 9.59 Å². The Bertz CT molecular complexity index is 928. The first-order chi connectivity index (χ1) is 13.0. The molecule has 0 aliphatic carbocycles. The molecule has 0 spiro atoms. The average Bonchev–Trinajstić information content (AvgIpc) is 2.69. The van der Waals surface area contributed by atoms with E-state index in [2.05, 4.69) is 21.2 Å². The van der Waals surface area contributed by atoms with Gasteiger partial charge in [0.2, 0.25) is 0 Å². The number of aromatic carboxylic acids is 1. The Kier molecular flexibility index (Phi) is 7.79. The largest absolute Gasteiger partial charge is 0.478 e. The number of benzene rings is 3. The second kappa shape index (κ2) is 10.1. The van der Waals surface area contributed by atoms with Crippen LogP contribution in [0.4, 0.5) is 5.69 Å². The van der Waals surface area contributed by atoms with Gasteiger partial charge in [0, 0.05) is 22.1 Å². The van der Waals surface area contributed by atoms with Gasteiger partial charge in [-0.1, -0.05) is 58.4 Å². The molecule has 3 aromatic rings. The normalized spacial score (nSPS) is 11.2. The molecule has 0 aliphatic heterocycles. The highest BCUT2D eigenvalue weighted by atomic mass is 79.9. The van der Waals surface area contributed by atoms with Crippen LogP contribution in [0.25, 0.3) is 0 Å². The molecule has 2 N–H and O–H groups in total. The van der Waals surface area contributed by atoms with Crippen LogP contribution >= 0.6 is 28.3 Å². The number of halogens is 2. The summed E-state index contributed by atoms with van der Waals surface area (Å²) < 4.78 is 0.963. The summed E-state index contributed by atoms with van der Waals surface area (Å²) in [5, 5.41) is 12.4. The van der Waals surface area contributed by atoms with Crippen molar-refractivity contribution in [1.29, 1.82) is 0 Å². The van der Waals surface area contributed by atoms with Crippen LogP contribution in [0.5, 0.6) is 0 Å². The molecule has 0 aliphatic rings. The minimum atomic E-state index is -0.967. The lowest BCUT2D eigenvalue weighted by Gasteiger charge is -2.20. The van der Waals surface area contributed by atoms with Gasteiger partial charge in [-0.3, -0.25) is 4.79 Å². The maximum absolute atomic E-state index is 12.7. The zero-order valence-electron chi connectivity index (χ0n) is 14.8.